The fraction of sp³-hybridized carbons (Fsp3) is 0.150. The Morgan fingerprint density at radius 3 is 2.50 bits per heavy atom. The molecule has 3 nitrogen and oxygen atoms in total. The van der Waals surface area contributed by atoms with Crippen molar-refractivity contribution in [3.8, 4) is 11.1 Å². The molecule has 0 bridgehead atoms. The highest BCUT2D eigenvalue weighted by atomic mass is 35.5. The van der Waals surface area contributed by atoms with Gasteiger partial charge < -0.3 is 0 Å². The van der Waals surface area contributed by atoms with E-state index in [0.717, 1.165) is 22.4 Å². The molecule has 118 valence electrons. The third-order valence-electron chi connectivity index (χ3n) is 4.50. The van der Waals surface area contributed by atoms with Crippen molar-refractivity contribution < 1.29 is 4.79 Å². The minimum absolute atomic E-state index is 0.0547. The van der Waals surface area contributed by atoms with Crippen molar-refractivity contribution in [2.24, 2.45) is 0 Å². The van der Waals surface area contributed by atoms with Gasteiger partial charge in [0.25, 0.3) is 0 Å². The van der Waals surface area contributed by atoms with Gasteiger partial charge >= 0.3 is 0 Å². The van der Waals surface area contributed by atoms with Crippen molar-refractivity contribution in [2.75, 3.05) is 0 Å². The van der Waals surface area contributed by atoms with Gasteiger partial charge in [-0.3, -0.25) is 4.79 Å². The average molecular weight is 335 g/mol. The molecule has 0 fully saturated rings. The van der Waals surface area contributed by atoms with Crippen molar-refractivity contribution >= 4 is 17.4 Å². The van der Waals surface area contributed by atoms with Gasteiger partial charge in [-0.25, -0.2) is 0 Å². The van der Waals surface area contributed by atoms with Crippen molar-refractivity contribution in [1.82, 2.24) is 10.2 Å². The zero-order valence-corrected chi connectivity index (χ0v) is 13.7. The molecule has 0 saturated heterocycles. The van der Waals surface area contributed by atoms with E-state index in [9.17, 15) is 4.79 Å². The zero-order valence-electron chi connectivity index (χ0n) is 12.9. The van der Waals surface area contributed by atoms with Crippen LogP contribution < -0.4 is 0 Å². The number of nitrogens with zero attached hydrogens (tertiary/aromatic N) is 2. The molecule has 4 rings (SSSR count). The van der Waals surface area contributed by atoms with E-state index >= 15 is 0 Å². The molecule has 4 heteroatoms. The zero-order chi connectivity index (χ0) is 16.5. The monoisotopic (exact) mass is 334 g/mol. The van der Waals surface area contributed by atoms with Crippen LogP contribution in [0.15, 0.2) is 60.8 Å². The van der Waals surface area contributed by atoms with Crippen LogP contribution in [-0.4, -0.2) is 16.0 Å². The number of fused-ring (bicyclic) bond motifs is 1. The summed E-state index contributed by atoms with van der Waals surface area (Å²) in [7, 11) is 0. The maximum absolute atomic E-state index is 12.9. The Bertz CT molecular complexity index is 909. The molecule has 1 aliphatic carbocycles. The van der Waals surface area contributed by atoms with Gasteiger partial charge in [-0.05, 0) is 29.5 Å². The number of carbonyl (C=O) groups is 1. The highest BCUT2D eigenvalue weighted by molar-refractivity contribution is 6.31. The molecule has 1 aliphatic rings. The number of rotatable bonds is 2. The molecule has 1 atom stereocenters. The van der Waals surface area contributed by atoms with Gasteiger partial charge in [0, 0.05) is 17.0 Å². The van der Waals surface area contributed by atoms with Gasteiger partial charge in [0.05, 0.1) is 17.5 Å². The van der Waals surface area contributed by atoms with Crippen LogP contribution in [0.1, 0.15) is 34.0 Å². The summed E-state index contributed by atoms with van der Waals surface area (Å²) in [5.74, 6) is 0.161. The number of benzene rings is 2. The van der Waals surface area contributed by atoms with Crippen molar-refractivity contribution in [3.63, 3.8) is 0 Å². The minimum Gasteiger partial charge on any atom is -0.294 e. The summed E-state index contributed by atoms with van der Waals surface area (Å²) in [5, 5.41) is 9.07. The smallest absolute Gasteiger partial charge is 0.166 e. The third-order valence-corrected chi connectivity index (χ3v) is 4.85. The largest absolute Gasteiger partial charge is 0.294 e. The lowest BCUT2D eigenvalue weighted by Gasteiger charge is -2.25. The molecule has 0 spiro atoms. The predicted octanol–water partition coefficient (Wildman–Crippen LogP) is 4.71. The molecule has 0 radical (unpaired) electrons. The van der Waals surface area contributed by atoms with Gasteiger partial charge in [0.15, 0.2) is 5.78 Å². The Labute approximate surface area is 145 Å². The molecule has 0 aliphatic heterocycles. The molecule has 0 saturated carbocycles. The second-order valence-corrected chi connectivity index (χ2v) is 6.40. The van der Waals surface area contributed by atoms with Gasteiger partial charge in [-0.1, -0.05) is 60.1 Å². The summed E-state index contributed by atoms with van der Waals surface area (Å²) >= 11 is 6.31. The number of ketones is 1. The average Bonchev–Trinajstić information content (AvgIpc) is 2.62. The summed E-state index contributed by atoms with van der Waals surface area (Å²) in [6.07, 6.45) is 2.81. The van der Waals surface area contributed by atoms with Crippen molar-refractivity contribution in [1.29, 1.82) is 0 Å². The topological polar surface area (TPSA) is 42.9 Å². The Balaban J connectivity index is 1.78. The van der Waals surface area contributed by atoms with Gasteiger partial charge in [0.1, 0.15) is 0 Å². The Kier molecular flexibility index (Phi) is 3.87. The standard InChI is InChI=1S/C20H15ClN2O/c21-17-9-5-4-8-15(17)14-10-18-20(19(24)11-14)16(12-22-23-18)13-6-2-1-3-7-13/h1-9,12,14H,10-11H2. The van der Waals surface area contributed by atoms with E-state index in [2.05, 4.69) is 10.2 Å². The fourth-order valence-electron chi connectivity index (χ4n) is 3.37. The quantitative estimate of drug-likeness (QED) is 0.681. The van der Waals surface area contributed by atoms with E-state index in [4.69, 9.17) is 11.6 Å². The van der Waals surface area contributed by atoms with Crippen LogP contribution in [0.5, 0.6) is 0 Å². The molecule has 1 aromatic heterocycles. The van der Waals surface area contributed by atoms with E-state index in [0.29, 0.717) is 23.4 Å². The van der Waals surface area contributed by atoms with Gasteiger partial charge in [-0.15, -0.1) is 0 Å². The molecule has 24 heavy (non-hydrogen) atoms. The lowest BCUT2D eigenvalue weighted by Crippen LogP contribution is -2.21. The highest BCUT2D eigenvalue weighted by Crippen LogP contribution is 2.38. The van der Waals surface area contributed by atoms with Crippen LogP contribution in [0.3, 0.4) is 0 Å². The fourth-order valence-corrected chi connectivity index (χ4v) is 3.66. The Hall–Kier alpha value is -2.52. The Morgan fingerprint density at radius 2 is 1.71 bits per heavy atom. The summed E-state index contributed by atoms with van der Waals surface area (Å²) in [4.78, 5) is 12.9. The van der Waals surface area contributed by atoms with E-state index < -0.39 is 0 Å². The van der Waals surface area contributed by atoms with Crippen LogP contribution >= 0.6 is 11.6 Å². The molecular weight excluding hydrogens is 320 g/mol. The number of carbonyl (C=O) groups excluding carboxylic acids is 1. The number of hydrogen-bond donors (Lipinski definition) is 0. The van der Waals surface area contributed by atoms with Crippen LogP contribution in [0.25, 0.3) is 11.1 Å². The van der Waals surface area contributed by atoms with Crippen LogP contribution in [0, 0.1) is 0 Å². The first-order valence-electron chi connectivity index (χ1n) is 7.91. The maximum atomic E-state index is 12.9. The summed E-state index contributed by atoms with van der Waals surface area (Å²) in [5.41, 5.74) is 4.33. The third kappa shape index (κ3) is 2.61. The number of halogens is 1. The van der Waals surface area contributed by atoms with Gasteiger partial charge in [-0.2, -0.15) is 10.2 Å². The summed E-state index contributed by atoms with van der Waals surface area (Å²) < 4.78 is 0. The molecular formula is C20H15ClN2O. The predicted molar refractivity (Wildman–Crippen MR) is 94.3 cm³/mol. The first kappa shape index (κ1) is 15.0. The number of hydrogen-bond acceptors (Lipinski definition) is 3. The minimum atomic E-state index is 0.0547. The first-order valence-corrected chi connectivity index (χ1v) is 8.29. The van der Waals surface area contributed by atoms with E-state index in [1.54, 1.807) is 6.20 Å². The summed E-state index contributed by atoms with van der Waals surface area (Å²) in [6, 6.07) is 17.6. The van der Waals surface area contributed by atoms with Crippen molar-refractivity contribution in [2.45, 2.75) is 18.8 Å². The van der Waals surface area contributed by atoms with Gasteiger partial charge in [0.2, 0.25) is 0 Å². The molecule has 3 aromatic rings. The normalized spacial score (nSPS) is 16.7. The van der Waals surface area contributed by atoms with E-state index in [1.807, 2.05) is 54.6 Å². The van der Waals surface area contributed by atoms with Crippen molar-refractivity contribution in [3.05, 3.63) is 82.6 Å². The lowest BCUT2D eigenvalue weighted by atomic mass is 9.80. The van der Waals surface area contributed by atoms with Crippen LogP contribution in [0.2, 0.25) is 5.02 Å². The number of aromatic nitrogens is 2. The SMILES string of the molecule is O=C1CC(c2ccccc2Cl)Cc2nncc(-c3ccccc3)c21. The molecule has 2 aromatic carbocycles. The Morgan fingerprint density at radius 1 is 0.958 bits per heavy atom. The lowest BCUT2D eigenvalue weighted by molar-refractivity contribution is 0.0963. The highest BCUT2D eigenvalue weighted by Gasteiger charge is 2.31. The summed E-state index contributed by atoms with van der Waals surface area (Å²) in [6.45, 7) is 0. The maximum Gasteiger partial charge on any atom is 0.166 e. The first-order chi connectivity index (χ1) is 11.7. The van der Waals surface area contributed by atoms with Crippen LogP contribution in [0.4, 0.5) is 0 Å². The number of Topliss-reactive ketones (excluding diaryl/α,β-unsaturated/α-hetero) is 1. The van der Waals surface area contributed by atoms with Crippen LogP contribution in [-0.2, 0) is 6.42 Å². The molecule has 0 amide bonds. The second kappa shape index (κ2) is 6.17. The van der Waals surface area contributed by atoms with E-state index in [-0.39, 0.29) is 11.7 Å². The second-order valence-electron chi connectivity index (χ2n) is 6.00. The molecule has 0 N–H and O–H groups in total. The van der Waals surface area contributed by atoms with E-state index in [1.165, 1.54) is 0 Å². The molecule has 1 heterocycles. The molecule has 1 unspecified atom stereocenters.